The summed E-state index contributed by atoms with van der Waals surface area (Å²) < 4.78 is 0. The van der Waals surface area contributed by atoms with Crippen LogP contribution >= 0.6 is 0 Å². The number of benzene rings is 2. The van der Waals surface area contributed by atoms with E-state index in [0.29, 0.717) is 16.8 Å². The maximum absolute atomic E-state index is 13.7. The van der Waals surface area contributed by atoms with Crippen molar-refractivity contribution in [1.82, 2.24) is 30.9 Å². The summed E-state index contributed by atoms with van der Waals surface area (Å²) in [4.78, 5) is 73.5. The summed E-state index contributed by atoms with van der Waals surface area (Å²) in [6.45, 7) is 0. The van der Waals surface area contributed by atoms with Gasteiger partial charge in [-0.1, -0.05) is 30.3 Å². The Morgan fingerprint density at radius 3 is 2.13 bits per heavy atom. The predicted molar refractivity (Wildman–Crippen MR) is 166 cm³/mol. The summed E-state index contributed by atoms with van der Waals surface area (Å²) in [5.41, 5.74) is 13.6. The molecule has 2 aromatic carbocycles. The Bertz CT molecular complexity index is 1670. The second kappa shape index (κ2) is 15.3. The lowest BCUT2D eigenvalue weighted by Crippen LogP contribution is -2.58. The Hall–Kier alpha value is -5.70. The van der Waals surface area contributed by atoms with Crippen LogP contribution in [0.1, 0.15) is 29.7 Å². The highest BCUT2D eigenvalue weighted by atomic mass is 16.4. The van der Waals surface area contributed by atoms with Gasteiger partial charge in [-0.3, -0.25) is 19.2 Å². The van der Waals surface area contributed by atoms with Crippen molar-refractivity contribution in [2.45, 2.75) is 56.3 Å². The number of rotatable bonds is 16. The number of hydrogen-bond acceptors (Lipinski definition) is 8. The van der Waals surface area contributed by atoms with E-state index in [0.717, 1.165) is 10.9 Å². The zero-order valence-corrected chi connectivity index (χ0v) is 24.7. The number of fused-ring (bicyclic) bond motifs is 1. The molecule has 4 atom stereocenters. The lowest BCUT2D eigenvalue weighted by atomic mass is 10.0. The number of H-pyrrole nitrogens is 2. The number of nitrogens with two attached hydrogens (primary N) is 2. The van der Waals surface area contributed by atoms with Crippen LogP contribution < -0.4 is 27.4 Å². The summed E-state index contributed by atoms with van der Waals surface area (Å²) in [7, 11) is 0. The Labute approximate surface area is 263 Å². The number of aromatic nitrogens is 3. The lowest BCUT2D eigenvalue weighted by Gasteiger charge is -2.25. The third-order valence-corrected chi connectivity index (χ3v) is 7.37. The molecule has 4 amide bonds. The number of phenols is 1. The van der Waals surface area contributed by atoms with Crippen LogP contribution in [0, 0.1) is 0 Å². The average molecular weight is 633 g/mol. The number of nitrogens with zero attached hydrogens (tertiary/aromatic N) is 1. The largest absolute Gasteiger partial charge is 0.508 e. The number of aromatic hydroxyl groups is 1. The number of aliphatic carboxylic acids is 1. The summed E-state index contributed by atoms with van der Waals surface area (Å²) >= 11 is 0. The molecule has 46 heavy (non-hydrogen) atoms. The number of carbonyl (C=O) groups excluding carboxylic acids is 4. The van der Waals surface area contributed by atoms with E-state index >= 15 is 0 Å². The van der Waals surface area contributed by atoms with E-state index in [-0.39, 0.29) is 37.9 Å². The third-order valence-electron chi connectivity index (χ3n) is 7.37. The van der Waals surface area contributed by atoms with Crippen LogP contribution in [-0.4, -0.2) is 78.9 Å². The van der Waals surface area contributed by atoms with Crippen molar-refractivity contribution < 1.29 is 34.2 Å². The number of primary amides is 1. The van der Waals surface area contributed by atoms with Gasteiger partial charge in [-0.25, -0.2) is 9.78 Å². The Morgan fingerprint density at radius 1 is 0.826 bits per heavy atom. The Balaban J connectivity index is 1.55. The molecule has 11 N–H and O–H groups in total. The molecule has 15 nitrogen and oxygen atoms in total. The van der Waals surface area contributed by atoms with Crippen LogP contribution in [-0.2, 0) is 43.2 Å². The number of nitrogens with one attached hydrogen (secondary N) is 5. The first kappa shape index (κ1) is 33.2. The first-order valence-electron chi connectivity index (χ1n) is 14.5. The monoisotopic (exact) mass is 632 g/mol. The van der Waals surface area contributed by atoms with Crippen molar-refractivity contribution in [2.24, 2.45) is 11.5 Å². The fourth-order valence-electron chi connectivity index (χ4n) is 4.88. The molecule has 15 heteroatoms. The van der Waals surface area contributed by atoms with Gasteiger partial charge in [0.1, 0.15) is 23.9 Å². The van der Waals surface area contributed by atoms with Gasteiger partial charge in [-0.2, -0.15) is 0 Å². The first-order chi connectivity index (χ1) is 22.0. The maximum Gasteiger partial charge on any atom is 0.326 e. The topological polar surface area (TPSA) is 258 Å². The van der Waals surface area contributed by atoms with Gasteiger partial charge in [0.05, 0.1) is 12.4 Å². The molecule has 0 saturated carbocycles. The van der Waals surface area contributed by atoms with Crippen molar-refractivity contribution in [3.8, 4) is 5.75 Å². The molecule has 0 aliphatic carbocycles. The van der Waals surface area contributed by atoms with Crippen molar-refractivity contribution >= 4 is 40.5 Å². The molecular weight excluding hydrogens is 596 g/mol. The van der Waals surface area contributed by atoms with Gasteiger partial charge in [-0.15, -0.1) is 0 Å². The van der Waals surface area contributed by atoms with E-state index in [1.165, 1.54) is 24.7 Å². The van der Waals surface area contributed by atoms with Crippen LogP contribution in [0.5, 0.6) is 5.75 Å². The van der Waals surface area contributed by atoms with Crippen LogP contribution in [0.4, 0.5) is 0 Å². The van der Waals surface area contributed by atoms with E-state index < -0.39 is 53.8 Å². The average Bonchev–Trinajstić information content (AvgIpc) is 3.69. The Morgan fingerprint density at radius 2 is 1.48 bits per heavy atom. The molecule has 4 unspecified atom stereocenters. The standard InChI is InChI=1S/C31H36N8O7/c32-22(9-10-27(33)41)28(42)37-25(13-19-15-34-16-36-19)30(44)38-24(11-17-5-7-20(40)8-6-17)29(43)39-26(31(45)46)12-18-14-35-23-4-2-1-3-21(18)23/h1-8,14-16,22,24-26,35,40H,9-13,32H2,(H2,33,41)(H,34,36)(H,37,42)(H,38,44)(H,39,43)(H,45,46). The SMILES string of the molecule is NC(=O)CCC(N)C(=O)NC(Cc1cnc[nH]1)C(=O)NC(Cc1ccc(O)cc1)C(=O)NC(Cc1c[nH]c2ccccc12)C(=O)O. The highest BCUT2D eigenvalue weighted by Crippen LogP contribution is 2.19. The zero-order chi connectivity index (χ0) is 33.2. The predicted octanol–water partition coefficient (Wildman–Crippen LogP) is -0.244. The molecule has 0 spiro atoms. The zero-order valence-electron chi connectivity index (χ0n) is 24.7. The molecule has 0 aliphatic heterocycles. The molecule has 2 aromatic heterocycles. The van der Waals surface area contributed by atoms with Gasteiger partial charge in [0, 0.05) is 54.7 Å². The van der Waals surface area contributed by atoms with Crippen LogP contribution in [0.15, 0.2) is 67.3 Å². The number of carboxylic acid groups (broad SMARTS) is 1. The van der Waals surface area contributed by atoms with Crippen LogP contribution in [0.25, 0.3) is 10.9 Å². The molecule has 0 saturated heterocycles. The van der Waals surface area contributed by atoms with Gasteiger partial charge < -0.3 is 47.6 Å². The minimum absolute atomic E-state index is 0.00605. The third kappa shape index (κ3) is 9.15. The molecule has 0 aliphatic rings. The van der Waals surface area contributed by atoms with Gasteiger partial charge in [0.25, 0.3) is 0 Å². The first-order valence-corrected chi connectivity index (χ1v) is 14.5. The second-order valence-electron chi connectivity index (χ2n) is 10.8. The molecular formula is C31H36N8O7. The van der Waals surface area contributed by atoms with Crippen LogP contribution in [0.3, 0.4) is 0 Å². The fraction of sp³-hybridized carbons (Fsp3) is 0.290. The van der Waals surface area contributed by atoms with E-state index in [2.05, 4.69) is 30.9 Å². The summed E-state index contributed by atoms with van der Waals surface area (Å²) in [6, 6.07) is 8.30. The van der Waals surface area contributed by atoms with Gasteiger partial charge in [-0.05, 0) is 35.7 Å². The van der Waals surface area contributed by atoms with Gasteiger partial charge in [0.15, 0.2) is 0 Å². The van der Waals surface area contributed by atoms with E-state index in [1.54, 1.807) is 18.3 Å². The lowest BCUT2D eigenvalue weighted by molar-refractivity contribution is -0.142. The molecule has 0 bridgehead atoms. The highest BCUT2D eigenvalue weighted by molar-refractivity contribution is 5.94. The van der Waals surface area contributed by atoms with Crippen molar-refractivity contribution in [3.05, 3.63) is 84.1 Å². The molecule has 242 valence electrons. The van der Waals surface area contributed by atoms with Crippen molar-refractivity contribution in [3.63, 3.8) is 0 Å². The normalized spacial score (nSPS) is 13.7. The molecule has 0 radical (unpaired) electrons. The van der Waals surface area contributed by atoms with Crippen LogP contribution in [0.2, 0.25) is 0 Å². The number of carboxylic acids is 1. The number of amides is 4. The highest BCUT2D eigenvalue weighted by Gasteiger charge is 2.31. The number of imidazole rings is 1. The molecule has 4 rings (SSSR count). The number of hydrogen-bond donors (Lipinski definition) is 9. The fourth-order valence-corrected chi connectivity index (χ4v) is 4.88. The van der Waals surface area contributed by atoms with Crippen molar-refractivity contribution in [1.29, 1.82) is 0 Å². The number of carbonyl (C=O) groups is 5. The van der Waals surface area contributed by atoms with Gasteiger partial charge >= 0.3 is 5.97 Å². The molecule has 2 heterocycles. The maximum atomic E-state index is 13.7. The number of para-hydroxylation sites is 1. The minimum atomic E-state index is -1.34. The molecule has 4 aromatic rings. The smallest absolute Gasteiger partial charge is 0.326 e. The second-order valence-corrected chi connectivity index (χ2v) is 10.8. The summed E-state index contributed by atoms with van der Waals surface area (Å²) in [5.74, 6) is -4.17. The number of aromatic amines is 2. The summed E-state index contributed by atoms with van der Waals surface area (Å²) in [5, 5.41) is 28.3. The van der Waals surface area contributed by atoms with E-state index in [4.69, 9.17) is 11.5 Å². The molecule has 0 fully saturated rings. The van der Waals surface area contributed by atoms with E-state index in [9.17, 15) is 34.2 Å². The van der Waals surface area contributed by atoms with E-state index in [1.807, 2.05) is 24.3 Å². The summed E-state index contributed by atoms with van der Waals surface area (Å²) in [6.07, 6.45) is 4.20. The number of phenolic OH excluding ortho intramolecular Hbond substituents is 1. The Kier molecular flexibility index (Phi) is 11.1. The van der Waals surface area contributed by atoms with Gasteiger partial charge in [0.2, 0.25) is 23.6 Å². The quantitative estimate of drug-likeness (QED) is 0.0788. The van der Waals surface area contributed by atoms with Crippen molar-refractivity contribution in [2.75, 3.05) is 0 Å². The minimum Gasteiger partial charge on any atom is -0.508 e.